The van der Waals surface area contributed by atoms with Crippen molar-refractivity contribution >= 4 is 22.7 Å². The van der Waals surface area contributed by atoms with Gasteiger partial charge in [-0.25, -0.2) is 0 Å². The monoisotopic (exact) mass is 374 g/mol. The molecule has 0 saturated heterocycles. The van der Waals surface area contributed by atoms with Crippen LogP contribution >= 0.6 is 22.7 Å². The van der Waals surface area contributed by atoms with Crippen LogP contribution in [0.25, 0.3) is 9.75 Å². The van der Waals surface area contributed by atoms with Crippen molar-refractivity contribution in [1.82, 2.24) is 0 Å². The topological polar surface area (TPSA) is 9.23 Å². The third-order valence-corrected chi connectivity index (χ3v) is 7.13. The standard InChI is InChI=1S/C23H18OS2/c1-15-13-19-21(25-15)22-20(14-16(2)26-22)24-23(19,17-9-5-3-6-10-17)18-11-7-4-8-12-18/h3-14H,1-2H3. The number of benzene rings is 2. The molecule has 0 saturated carbocycles. The number of hydrogen-bond donors (Lipinski definition) is 0. The lowest BCUT2D eigenvalue weighted by molar-refractivity contribution is 0.153. The maximum absolute atomic E-state index is 6.87. The van der Waals surface area contributed by atoms with E-state index in [0.29, 0.717) is 0 Å². The van der Waals surface area contributed by atoms with Gasteiger partial charge in [-0.1, -0.05) is 60.7 Å². The van der Waals surface area contributed by atoms with Crippen LogP contribution in [0.3, 0.4) is 0 Å². The first-order valence-electron chi connectivity index (χ1n) is 8.70. The van der Waals surface area contributed by atoms with E-state index in [1.165, 1.54) is 36.2 Å². The maximum Gasteiger partial charge on any atom is 0.186 e. The van der Waals surface area contributed by atoms with E-state index in [9.17, 15) is 0 Å². The van der Waals surface area contributed by atoms with Gasteiger partial charge in [-0.15, -0.1) is 22.7 Å². The SMILES string of the molecule is Cc1cc2c(s1)-c1sc(C)cc1C(c1ccccc1)(c1ccccc1)O2. The van der Waals surface area contributed by atoms with E-state index in [-0.39, 0.29) is 0 Å². The van der Waals surface area contributed by atoms with Crippen molar-refractivity contribution in [3.63, 3.8) is 0 Å². The van der Waals surface area contributed by atoms with Gasteiger partial charge in [0, 0.05) is 26.4 Å². The summed E-state index contributed by atoms with van der Waals surface area (Å²) in [5.41, 5.74) is 2.98. The van der Waals surface area contributed by atoms with E-state index in [0.717, 1.165) is 5.75 Å². The Labute approximate surface area is 161 Å². The molecule has 0 atom stereocenters. The van der Waals surface area contributed by atoms with Crippen LogP contribution in [0.2, 0.25) is 0 Å². The fourth-order valence-electron chi connectivity index (χ4n) is 3.83. The minimum atomic E-state index is -0.608. The van der Waals surface area contributed by atoms with Crippen LogP contribution in [0.5, 0.6) is 5.75 Å². The number of hydrogen-bond acceptors (Lipinski definition) is 3. The Hall–Kier alpha value is -2.36. The van der Waals surface area contributed by atoms with Gasteiger partial charge >= 0.3 is 0 Å². The van der Waals surface area contributed by atoms with Gasteiger partial charge < -0.3 is 4.74 Å². The molecular weight excluding hydrogens is 356 g/mol. The number of fused-ring (bicyclic) bond motifs is 3. The van der Waals surface area contributed by atoms with Crippen molar-refractivity contribution in [3.05, 3.63) is 99.2 Å². The molecule has 1 aliphatic heterocycles. The summed E-state index contributed by atoms with van der Waals surface area (Å²) in [6.45, 7) is 4.34. The summed E-state index contributed by atoms with van der Waals surface area (Å²) in [7, 11) is 0. The van der Waals surface area contributed by atoms with Crippen molar-refractivity contribution in [2.75, 3.05) is 0 Å². The first-order chi connectivity index (χ1) is 12.7. The molecule has 3 heteroatoms. The van der Waals surface area contributed by atoms with Crippen LogP contribution < -0.4 is 4.74 Å². The minimum absolute atomic E-state index is 0.608. The molecule has 1 nitrogen and oxygen atoms in total. The zero-order chi connectivity index (χ0) is 17.7. The van der Waals surface area contributed by atoms with Gasteiger partial charge in [0.05, 0.1) is 9.75 Å². The predicted molar refractivity (Wildman–Crippen MR) is 111 cm³/mol. The Bertz CT molecular complexity index is 1030. The third kappa shape index (κ3) is 2.21. The van der Waals surface area contributed by atoms with Crippen molar-refractivity contribution in [3.8, 4) is 15.5 Å². The molecule has 0 fully saturated rings. The van der Waals surface area contributed by atoms with Gasteiger partial charge in [-0.2, -0.15) is 0 Å². The molecule has 26 heavy (non-hydrogen) atoms. The lowest BCUT2D eigenvalue weighted by Crippen LogP contribution is -2.37. The van der Waals surface area contributed by atoms with Gasteiger partial charge in [0.1, 0.15) is 5.75 Å². The minimum Gasteiger partial charge on any atom is -0.471 e. The van der Waals surface area contributed by atoms with Crippen molar-refractivity contribution < 1.29 is 4.74 Å². The molecular formula is C23H18OS2. The highest BCUT2D eigenvalue weighted by atomic mass is 32.1. The lowest BCUT2D eigenvalue weighted by atomic mass is 9.78. The molecule has 2 aromatic heterocycles. The molecule has 3 heterocycles. The highest BCUT2D eigenvalue weighted by Crippen LogP contribution is 2.56. The number of ether oxygens (including phenoxy) is 1. The second kappa shape index (κ2) is 5.83. The number of thiophene rings is 2. The Morgan fingerprint density at radius 1 is 0.692 bits per heavy atom. The van der Waals surface area contributed by atoms with E-state index in [1.807, 2.05) is 22.7 Å². The Morgan fingerprint density at radius 2 is 1.23 bits per heavy atom. The van der Waals surface area contributed by atoms with E-state index >= 15 is 0 Å². The van der Waals surface area contributed by atoms with Gasteiger partial charge in [-0.3, -0.25) is 0 Å². The zero-order valence-electron chi connectivity index (χ0n) is 14.7. The Kier molecular flexibility index (Phi) is 3.56. The molecule has 0 bridgehead atoms. The third-order valence-electron chi connectivity index (χ3n) is 4.89. The van der Waals surface area contributed by atoms with Gasteiger partial charge in [0.2, 0.25) is 0 Å². The average molecular weight is 375 g/mol. The largest absolute Gasteiger partial charge is 0.471 e. The van der Waals surface area contributed by atoms with Crippen LogP contribution in [0.15, 0.2) is 72.8 Å². The van der Waals surface area contributed by atoms with Crippen LogP contribution in [0.1, 0.15) is 26.4 Å². The van der Waals surface area contributed by atoms with Crippen LogP contribution in [0, 0.1) is 13.8 Å². The molecule has 0 unspecified atom stereocenters. The quantitative estimate of drug-likeness (QED) is 0.376. The number of aryl methyl sites for hydroxylation is 2. The predicted octanol–water partition coefficient (Wildman–Crippen LogP) is 6.78. The molecule has 128 valence electrons. The molecule has 5 rings (SSSR count). The second-order valence-electron chi connectivity index (χ2n) is 6.67. The van der Waals surface area contributed by atoms with E-state index in [2.05, 4.69) is 86.6 Å². The summed E-state index contributed by atoms with van der Waals surface area (Å²) in [5.74, 6) is 0.995. The molecule has 0 N–H and O–H groups in total. The normalized spacial score (nSPS) is 14.4. The molecule has 2 aromatic carbocycles. The zero-order valence-corrected chi connectivity index (χ0v) is 16.3. The summed E-state index contributed by atoms with van der Waals surface area (Å²) in [5, 5.41) is 0. The van der Waals surface area contributed by atoms with Crippen molar-refractivity contribution in [2.45, 2.75) is 19.4 Å². The fraction of sp³-hybridized carbons (Fsp3) is 0.130. The molecule has 4 aromatic rings. The Balaban J connectivity index is 1.89. The molecule has 0 spiro atoms. The Morgan fingerprint density at radius 3 is 1.85 bits per heavy atom. The van der Waals surface area contributed by atoms with Crippen molar-refractivity contribution in [1.29, 1.82) is 0 Å². The summed E-state index contributed by atoms with van der Waals surface area (Å²) < 4.78 is 6.87. The van der Waals surface area contributed by atoms with Gasteiger partial charge in [0.15, 0.2) is 5.60 Å². The molecule has 0 amide bonds. The fourth-order valence-corrected chi connectivity index (χ4v) is 5.98. The van der Waals surface area contributed by atoms with Gasteiger partial charge in [0.25, 0.3) is 0 Å². The van der Waals surface area contributed by atoms with E-state index in [4.69, 9.17) is 4.74 Å². The first-order valence-corrected chi connectivity index (χ1v) is 10.3. The van der Waals surface area contributed by atoms with E-state index in [1.54, 1.807) is 0 Å². The molecule has 0 radical (unpaired) electrons. The van der Waals surface area contributed by atoms with Crippen LogP contribution in [-0.4, -0.2) is 0 Å². The smallest absolute Gasteiger partial charge is 0.186 e. The van der Waals surface area contributed by atoms with Gasteiger partial charge in [-0.05, 0) is 26.0 Å². The molecule has 0 aliphatic carbocycles. The van der Waals surface area contributed by atoms with E-state index < -0.39 is 5.60 Å². The van der Waals surface area contributed by atoms with Crippen molar-refractivity contribution in [2.24, 2.45) is 0 Å². The highest BCUT2D eigenvalue weighted by Gasteiger charge is 2.46. The van der Waals surface area contributed by atoms with Crippen LogP contribution in [0.4, 0.5) is 0 Å². The highest BCUT2D eigenvalue weighted by molar-refractivity contribution is 7.22. The second-order valence-corrected chi connectivity index (χ2v) is 9.18. The average Bonchev–Trinajstić information content (AvgIpc) is 3.24. The lowest BCUT2D eigenvalue weighted by Gasteiger charge is -2.38. The van der Waals surface area contributed by atoms with Crippen LogP contribution in [-0.2, 0) is 5.60 Å². The number of rotatable bonds is 2. The molecule has 1 aliphatic rings. The summed E-state index contributed by atoms with van der Waals surface area (Å²) in [4.78, 5) is 5.20. The summed E-state index contributed by atoms with van der Waals surface area (Å²) in [6.07, 6.45) is 0. The first kappa shape index (κ1) is 15.9. The maximum atomic E-state index is 6.87. The summed E-state index contributed by atoms with van der Waals surface area (Å²) >= 11 is 3.69. The summed E-state index contributed by atoms with van der Waals surface area (Å²) in [6, 6.07) is 25.7.